The zero-order chi connectivity index (χ0) is 12.3. The van der Waals surface area contributed by atoms with Gasteiger partial charge < -0.3 is 10.5 Å². The molecule has 0 fully saturated rings. The van der Waals surface area contributed by atoms with E-state index in [1.807, 2.05) is 6.07 Å². The first kappa shape index (κ1) is 12.0. The third kappa shape index (κ3) is 3.25. The number of aromatic nitrogens is 1. The van der Waals surface area contributed by atoms with Crippen LogP contribution in [0.3, 0.4) is 0 Å². The number of hydrogen-bond acceptors (Lipinski definition) is 3. The second-order valence-electron chi connectivity index (χ2n) is 3.45. The Labute approximate surface area is 109 Å². The number of hydrogen-bond donors (Lipinski definition) is 1. The van der Waals surface area contributed by atoms with Crippen LogP contribution < -0.4 is 10.5 Å². The van der Waals surface area contributed by atoms with Gasteiger partial charge in [-0.1, -0.05) is 23.2 Å². The standard InChI is InChI=1S/C12H10Cl2N2O/c13-9-1-2-10(14)11(6-9)17-7-8-3-4-16-12(15)5-8/h1-6H,7H2,(H2,15,16). The highest BCUT2D eigenvalue weighted by molar-refractivity contribution is 6.34. The lowest BCUT2D eigenvalue weighted by molar-refractivity contribution is 0.306. The molecule has 2 N–H and O–H groups in total. The Kier molecular flexibility index (Phi) is 3.71. The highest BCUT2D eigenvalue weighted by atomic mass is 35.5. The molecular formula is C12H10Cl2N2O. The molecule has 0 saturated carbocycles. The molecule has 3 nitrogen and oxygen atoms in total. The van der Waals surface area contributed by atoms with Crippen LogP contribution in [-0.4, -0.2) is 4.98 Å². The SMILES string of the molecule is Nc1cc(COc2cc(Cl)ccc2Cl)ccn1. The number of pyridine rings is 1. The lowest BCUT2D eigenvalue weighted by atomic mass is 10.3. The van der Waals surface area contributed by atoms with Gasteiger partial charge in [0.05, 0.1) is 5.02 Å². The predicted octanol–water partition coefficient (Wildman–Crippen LogP) is 3.55. The second-order valence-corrected chi connectivity index (χ2v) is 4.30. The molecule has 17 heavy (non-hydrogen) atoms. The summed E-state index contributed by atoms with van der Waals surface area (Å²) in [6, 6.07) is 8.66. The number of halogens is 2. The molecule has 88 valence electrons. The lowest BCUT2D eigenvalue weighted by Gasteiger charge is -2.08. The van der Waals surface area contributed by atoms with E-state index in [0.29, 0.717) is 28.2 Å². The van der Waals surface area contributed by atoms with Crippen molar-refractivity contribution >= 4 is 29.0 Å². The summed E-state index contributed by atoms with van der Waals surface area (Å²) in [4.78, 5) is 3.90. The number of anilines is 1. The van der Waals surface area contributed by atoms with Crippen molar-refractivity contribution in [3.8, 4) is 5.75 Å². The average Bonchev–Trinajstić information content (AvgIpc) is 2.30. The van der Waals surface area contributed by atoms with Crippen molar-refractivity contribution in [3.63, 3.8) is 0 Å². The molecular weight excluding hydrogens is 259 g/mol. The molecule has 1 aromatic heterocycles. The third-order valence-electron chi connectivity index (χ3n) is 2.13. The van der Waals surface area contributed by atoms with Gasteiger partial charge in [-0.15, -0.1) is 0 Å². The Balaban J connectivity index is 2.09. The zero-order valence-corrected chi connectivity index (χ0v) is 10.4. The van der Waals surface area contributed by atoms with Gasteiger partial charge in [0.15, 0.2) is 0 Å². The zero-order valence-electron chi connectivity index (χ0n) is 8.86. The topological polar surface area (TPSA) is 48.1 Å². The van der Waals surface area contributed by atoms with Crippen molar-refractivity contribution in [1.29, 1.82) is 0 Å². The van der Waals surface area contributed by atoms with Crippen LogP contribution in [-0.2, 0) is 6.61 Å². The minimum Gasteiger partial charge on any atom is -0.487 e. The Hall–Kier alpha value is -1.45. The molecule has 1 aromatic carbocycles. The van der Waals surface area contributed by atoms with Crippen LogP contribution in [0.2, 0.25) is 10.0 Å². The van der Waals surface area contributed by atoms with Crippen LogP contribution >= 0.6 is 23.2 Å². The summed E-state index contributed by atoms with van der Waals surface area (Å²) in [5.41, 5.74) is 6.49. The normalized spacial score (nSPS) is 10.2. The Morgan fingerprint density at radius 1 is 1.18 bits per heavy atom. The van der Waals surface area contributed by atoms with Gasteiger partial charge in [0, 0.05) is 17.3 Å². The van der Waals surface area contributed by atoms with E-state index < -0.39 is 0 Å². The van der Waals surface area contributed by atoms with E-state index in [0.717, 1.165) is 5.56 Å². The second kappa shape index (κ2) is 5.25. The van der Waals surface area contributed by atoms with Crippen molar-refractivity contribution in [2.45, 2.75) is 6.61 Å². The molecule has 0 spiro atoms. The Morgan fingerprint density at radius 2 is 2.00 bits per heavy atom. The van der Waals surface area contributed by atoms with Gasteiger partial charge in [-0.3, -0.25) is 0 Å². The quantitative estimate of drug-likeness (QED) is 0.926. The van der Waals surface area contributed by atoms with Crippen molar-refractivity contribution in [1.82, 2.24) is 4.98 Å². The maximum absolute atomic E-state index is 5.97. The number of nitrogen functional groups attached to an aromatic ring is 1. The smallest absolute Gasteiger partial charge is 0.139 e. The van der Waals surface area contributed by atoms with Gasteiger partial charge in [-0.05, 0) is 29.8 Å². The minimum atomic E-state index is 0.368. The highest BCUT2D eigenvalue weighted by Gasteiger charge is 2.03. The van der Waals surface area contributed by atoms with E-state index in [1.165, 1.54) is 0 Å². The number of benzene rings is 1. The van der Waals surface area contributed by atoms with E-state index in [4.69, 9.17) is 33.7 Å². The van der Waals surface area contributed by atoms with Gasteiger partial charge in [0.2, 0.25) is 0 Å². The minimum absolute atomic E-state index is 0.368. The van der Waals surface area contributed by atoms with E-state index in [2.05, 4.69) is 4.98 Å². The highest BCUT2D eigenvalue weighted by Crippen LogP contribution is 2.28. The van der Waals surface area contributed by atoms with E-state index in [9.17, 15) is 0 Å². The first-order valence-electron chi connectivity index (χ1n) is 4.93. The van der Waals surface area contributed by atoms with Crippen LogP contribution in [0.5, 0.6) is 5.75 Å². The molecule has 2 rings (SSSR count). The van der Waals surface area contributed by atoms with E-state index >= 15 is 0 Å². The average molecular weight is 269 g/mol. The maximum Gasteiger partial charge on any atom is 0.139 e. The molecule has 0 saturated heterocycles. The molecule has 0 unspecified atom stereocenters. The molecule has 1 heterocycles. The third-order valence-corrected chi connectivity index (χ3v) is 2.68. The summed E-state index contributed by atoms with van der Waals surface area (Å²) >= 11 is 11.8. The summed E-state index contributed by atoms with van der Waals surface area (Å²) in [5, 5.41) is 1.11. The molecule has 0 radical (unpaired) electrons. The summed E-state index contributed by atoms with van der Waals surface area (Å²) in [5.74, 6) is 1.01. The first-order chi connectivity index (χ1) is 8.15. The van der Waals surface area contributed by atoms with Crippen molar-refractivity contribution in [2.24, 2.45) is 0 Å². The molecule has 2 aromatic rings. The summed E-state index contributed by atoms with van der Waals surface area (Å²) in [7, 11) is 0. The summed E-state index contributed by atoms with van der Waals surface area (Å²) in [6.07, 6.45) is 1.63. The first-order valence-corrected chi connectivity index (χ1v) is 5.69. The van der Waals surface area contributed by atoms with Crippen LogP contribution in [0.15, 0.2) is 36.5 Å². The van der Waals surface area contributed by atoms with Crippen molar-refractivity contribution < 1.29 is 4.74 Å². The van der Waals surface area contributed by atoms with Crippen molar-refractivity contribution in [3.05, 3.63) is 52.1 Å². The fraction of sp³-hybridized carbons (Fsp3) is 0.0833. The molecule has 0 aliphatic heterocycles. The number of rotatable bonds is 3. The molecule has 0 amide bonds. The fourth-order valence-electron chi connectivity index (χ4n) is 1.33. The lowest BCUT2D eigenvalue weighted by Crippen LogP contribution is -1.98. The molecule has 5 heteroatoms. The number of nitrogens with two attached hydrogens (primary N) is 1. The van der Waals surface area contributed by atoms with Gasteiger partial charge in [-0.25, -0.2) is 4.98 Å². The summed E-state index contributed by atoms with van der Waals surface area (Å²) in [6.45, 7) is 0.368. The van der Waals surface area contributed by atoms with Crippen LogP contribution in [0.1, 0.15) is 5.56 Å². The van der Waals surface area contributed by atoms with E-state index in [1.54, 1.807) is 30.5 Å². The number of ether oxygens (including phenoxy) is 1. The predicted molar refractivity (Wildman–Crippen MR) is 69.4 cm³/mol. The van der Waals surface area contributed by atoms with Crippen molar-refractivity contribution in [2.75, 3.05) is 5.73 Å². The number of nitrogens with zero attached hydrogens (tertiary/aromatic N) is 1. The molecule has 0 atom stereocenters. The van der Waals surface area contributed by atoms with Gasteiger partial charge >= 0.3 is 0 Å². The Bertz CT molecular complexity index is 532. The van der Waals surface area contributed by atoms with Crippen LogP contribution in [0.25, 0.3) is 0 Å². The van der Waals surface area contributed by atoms with Crippen LogP contribution in [0.4, 0.5) is 5.82 Å². The van der Waals surface area contributed by atoms with E-state index in [-0.39, 0.29) is 0 Å². The fourth-order valence-corrected chi connectivity index (χ4v) is 1.67. The monoisotopic (exact) mass is 268 g/mol. The maximum atomic E-state index is 5.97. The molecule has 0 aliphatic carbocycles. The van der Waals surface area contributed by atoms with Gasteiger partial charge in [-0.2, -0.15) is 0 Å². The molecule has 0 bridgehead atoms. The van der Waals surface area contributed by atoms with Crippen LogP contribution in [0, 0.1) is 0 Å². The Morgan fingerprint density at radius 3 is 2.76 bits per heavy atom. The van der Waals surface area contributed by atoms with Gasteiger partial charge in [0.25, 0.3) is 0 Å². The molecule has 0 aliphatic rings. The summed E-state index contributed by atoms with van der Waals surface area (Å²) < 4.78 is 5.56. The largest absolute Gasteiger partial charge is 0.487 e. The van der Waals surface area contributed by atoms with Gasteiger partial charge in [0.1, 0.15) is 18.2 Å².